The van der Waals surface area contributed by atoms with Crippen LogP contribution in [-0.4, -0.2) is 62.3 Å². The number of rotatable bonds is 5. The standard InChI is InChI=1S/C15H18N6.C13H13N5.Os/c1-19(2)11-9-12(14-16-5-7-20(14)3)18-13(10-11)15-17-6-8-21(15)4;1-17-8-6-14-12(17)10-4-3-5-11(16-10)13-15-7-9-18(13)2;/h5-10H,1-4H3;3-9H,1-2H3;. The number of nitrogens with zero attached hydrogens (tertiary/aromatic N) is 11. The van der Waals surface area contributed by atoms with Crippen molar-refractivity contribution in [1.29, 1.82) is 0 Å². The van der Waals surface area contributed by atoms with Crippen LogP contribution in [0.15, 0.2) is 79.9 Å². The van der Waals surface area contributed by atoms with Crippen LogP contribution >= 0.6 is 0 Å². The fourth-order valence-electron chi connectivity index (χ4n) is 4.14. The summed E-state index contributed by atoms with van der Waals surface area (Å²) in [4.78, 5) is 28.8. The van der Waals surface area contributed by atoms with Crippen molar-refractivity contribution in [1.82, 2.24) is 48.2 Å². The molecule has 0 aliphatic heterocycles. The van der Waals surface area contributed by atoms with Crippen LogP contribution in [0.25, 0.3) is 46.1 Å². The maximum Gasteiger partial charge on any atom is 0.158 e. The molecule has 0 aromatic carbocycles. The van der Waals surface area contributed by atoms with Crippen LogP contribution in [0.5, 0.6) is 0 Å². The quantitative estimate of drug-likeness (QED) is 0.268. The fourth-order valence-corrected chi connectivity index (χ4v) is 4.14. The molecule has 0 unspecified atom stereocenters. The summed E-state index contributed by atoms with van der Waals surface area (Å²) in [5, 5.41) is 0. The van der Waals surface area contributed by atoms with Crippen LogP contribution in [0.1, 0.15) is 0 Å². The topological polar surface area (TPSA) is 100 Å². The van der Waals surface area contributed by atoms with Crippen molar-refractivity contribution in [2.45, 2.75) is 0 Å². The number of hydrogen-bond donors (Lipinski definition) is 0. The molecule has 0 atom stereocenters. The minimum Gasteiger partial charge on any atom is -0.378 e. The van der Waals surface area contributed by atoms with E-state index in [9.17, 15) is 0 Å². The number of hydrogen-bond acceptors (Lipinski definition) is 7. The van der Waals surface area contributed by atoms with E-state index in [4.69, 9.17) is 4.98 Å². The zero-order valence-corrected chi connectivity index (χ0v) is 25.8. The molecule has 0 amide bonds. The van der Waals surface area contributed by atoms with Crippen molar-refractivity contribution in [3.63, 3.8) is 0 Å². The number of aromatic nitrogens is 10. The van der Waals surface area contributed by atoms with Gasteiger partial charge in [-0.15, -0.1) is 0 Å². The Morgan fingerprint density at radius 2 is 0.850 bits per heavy atom. The first-order chi connectivity index (χ1) is 18.8. The third-order valence-electron chi connectivity index (χ3n) is 6.28. The molecular formula is C28H31N11Os. The summed E-state index contributed by atoms with van der Waals surface area (Å²) in [5.74, 6) is 3.39. The van der Waals surface area contributed by atoms with Gasteiger partial charge in [0.05, 0.1) is 0 Å². The van der Waals surface area contributed by atoms with Gasteiger partial charge in [-0.05, 0) is 24.3 Å². The van der Waals surface area contributed by atoms with Crippen LogP contribution in [0.4, 0.5) is 5.69 Å². The number of aryl methyl sites for hydroxylation is 4. The Hall–Kier alpha value is -4.42. The molecule has 0 bridgehead atoms. The van der Waals surface area contributed by atoms with E-state index in [2.05, 4.69) is 29.8 Å². The molecule has 0 fully saturated rings. The summed E-state index contributed by atoms with van der Waals surface area (Å²) in [6, 6.07) is 9.95. The molecule has 206 valence electrons. The summed E-state index contributed by atoms with van der Waals surface area (Å²) >= 11 is 0. The zero-order chi connectivity index (χ0) is 27.5. The second-order valence-corrected chi connectivity index (χ2v) is 9.35. The maximum absolute atomic E-state index is 4.73. The third kappa shape index (κ3) is 5.92. The average Bonchev–Trinajstić information content (AvgIpc) is 3.73. The van der Waals surface area contributed by atoms with Crippen LogP contribution in [0.2, 0.25) is 0 Å². The predicted molar refractivity (Wildman–Crippen MR) is 152 cm³/mol. The molecule has 6 aromatic heterocycles. The first-order valence-electron chi connectivity index (χ1n) is 12.4. The van der Waals surface area contributed by atoms with Crippen molar-refractivity contribution in [2.75, 3.05) is 19.0 Å². The minimum atomic E-state index is 0. The molecule has 11 nitrogen and oxygen atoms in total. The van der Waals surface area contributed by atoms with Crippen LogP contribution in [0, 0.1) is 0 Å². The van der Waals surface area contributed by atoms with Gasteiger partial charge in [0.15, 0.2) is 23.3 Å². The van der Waals surface area contributed by atoms with Crippen LogP contribution < -0.4 is 4.90 Å². The zero-order valence-electron chi connectivity index (χ0n) is 23.3. The summed E-state index contributed by atoms with van der Waals surface area (Å²) in [5.41, 5.74) is 4.45. The monoisotopic (exact) mass is 713 g/mol. The molecule has 0 N–H and O–H groups in total. The molecule has 0 radical (unpaired) electrons. The van der Waals surface area contributed by atoms with Gasteiger partial charge in [-0.2, -0.15) is 0 Å². The second-order valence-electron chi connectivity index (χ2n) is 9.35. The van der Waals surface area contributed by atoms with Crippen LogP contribution in [-0.2, 0) is 48.0 Å². The van der Waals surface area contributed by atoms with E-state index < -0.39 is 0 Å². The SMILES string of the molecule is CN(C)c1cc(-c2nccn2C)nc(-c2nccn2C)c1.Cn1ccnc1-c1cccc(-c2nccn2C)n1.[Os]. The second kappa shape index (κ2) is 12.2. The molecule has 0 aliphatic carbocycles. The Morgan fingerprint density at radius 3 is 1.15 bits per heavy atom. The van der Waals surface area contributed by atoms with E-state index >= 15 is 0 Å². The Morgan fingerprint density at radius 1 is 0.525 bits per heavy atom. The normalized spacial score (nSPS) is 10.6. The summed E-state index contributed by atoms with van der Waals surface area (Å²) < 4.78 is 7.82. The van der Waals surface area contributed by atoms with E-state index in [1.165, 1.54) is 0 Å². The van der Waals surface area contributed by atoms with Crippen molar-refractivity contribution in [2.24, 2.45) is 28.2 Å². The fraction of sp³-hybridized carbons (Fsp3) is 0.214. The maximum atomic E-state index is 4.73. The van der Waals surface area contributed by atoms with E-state index in [0.29, 0.717) is 0 Å². The number of anilines is 1. The molecule has 6 aromatic rings. The van der Waals surface area contributed by atoms with Gasteiger partial charge in [-0.3, -0.25) is 0 Å². The van der Waals surface area contributed by atoms with Crippen molar-refractivity contribution < 1.29 is 19.8 Å². The largest absolute Gasteiger partial charge is 0.378 e. The average molecular weight is 712 g/mol. The van der Waals surface area contributed by atoms with Gasteiger partial charge < -0.3 is 23.2 Å². The number of imidazole rings is 4. The Balaban J connectivity index is 0.000000182. The molecule has 6 heterocycles. The molecule has 12 heteroatoms. The summed E-state index contributed by atoms with van der Waals surface area (Å²) in [7, 11) is 11.9. The van der Waals surface area contributed by atoms with Gasteiger partial charge in [0, 0.05) is 117 Å². The molecule has 0 spiro atoms. The summed E-state index contributed by atoms with van der Waals surface area (Å²) in [6.07, 6.45) is 14.7. The van der Waals surface area contributed by atoms with Gasteiger partial charge >= 0.3 is 0 Å². The first-order valence-corrected chi connectivity index (χ1v) is 12.4. The Kier molecular flexibility index (Phi) is 8.70. The van der Waals surface area contributed by atoms with Gasteiger partial charge in [-0.1, -0.05) is 6.07 Å². The third-order valence-corrected chi connectivity index (χ3v) is 6.28. The van der Waals surface area contributed by atoms with E-state index in [-0.39, 0.29) is 19.8 Å². The van der Waals surface area contributed by atoms with E-state index in [1.54, 1.807) is 24.8 Å². The van der Waals surface area contributed by atoms with Crippen LogP contribution in [0.3, 0.4) is 0 Å². The molecule has 6 rings (SSSR count). The van der Waals surface area contributed by atoms with Crippen molar-refractivity contribution >= 4 is 5.69 Å². The molecule has 40 heavy (non-hydrogen) atoms. The van der Waals surface area contributed by atoms with Gasteiger partial charge in [-0.25, -0.2) is 29.9 Å². The van der Waals surface area contributed by atoms with Gasteiger partial charge in [0.25, 0.3) is 0 Å². The Bertz CT molecular complexity index is 1590. The van der Waals surface area contributed by atoms with Gasteiger partial charge in [0.2, 0.25) is 0 Å². The molecule has 0 saturated carbocycles. The Labute approximate surface area is 246 Å². The predicted octanol–water partition coefficient (Wildman–Crippen LogP) is 3.83. The van der Waals surface area contributed by atoms with Crippen molar-refractivity contribution in [3.8, 4) is 46.1 Å². The smallest absolute Gasteiger partial charge is 0.158 e. The summed E-state index contributed by atoms with van der Waals surface area (Å²) in [6.45, 7) is 0. The molecule has 0 aliphatic rings. The molecular weight excluding hydrogens is 681 g/mol. The number of pyridine rings is 2. The first kappa shape index (κ1) is 28.6. The minimum absolute atomic E-state index is 0. The van der Waals surface area contributed by atoms with E-state index in [0.717, 1.165) is 51.8 Å². The van der Waals surface area contributed by atoms with Crippen molar-refractivity contribution in [3.05, 3.63) is 79.9 Å². The van der Waals surface area contributed by atoms with E-state index in [1.807, 2.05) is 116 Å². The molecule has 0 saturated heterocycles. The van der Waals surface area contributed by atoms with Gasteiger partial charge in [0.1, 0.15) is 22.8 Å².